The fourth-order valence-corrected chi connectivity index (χ4v) is 1.99. The van der Waals surface area contributed by atoms with E-state index < -0.39 is 0 Å². The van der Waals surface area contributed by atoms with Gasteiger partial charge in [-0.1, -0.05) is 12.1 Å². The van der Waals surface area contributed by atoms with Crippen molar-refractivity contribution in [1.82, 2.24) is 0 Å². The maximum Gasteiger partial charge on any atom is 0.142 e. The number of nitrogen functional groups attached to an aromatic ring is 2. The lowest BCUT2D eigenvalue weighted by Crippen LogP contribution is -2.04. The van der Waals surface area contributed by atoms with Crippen LogP contribution in [0.2, 0.25) is 0 Å². The van der Waals surface area contributed by atoms with Crippen LogP contribution in [0, 0.1) is 0 Å². The molecule has 0 spiro atoms. The standard InChI is InChI=1S/C16H20N2O4/c17-13-3-1-11(9-15(13)21-7-5-19)12-2-4-14(18)16(10-12)22-8-6-20/h1-4,9-10,19-20H,5-8,17-18H2. The van der Waals surface area contributed by atoms with Crippen molar-refractivity contribution in [3.63, 3.8) is 0 Å². The molecular weight excluding hydrogens is 284 g/mol. The molecule has 0 radical (unpaired) electrons. The Morgan fingerprint density at radius 2 is 1.14 bits per heavy atom. The molecule has 0 amide bonds. The number of anilines is 2. The monoisotopic (exact) mass is 304 g/mol. The molecule has 0 bridgehead atoms. The summed E-state index contributed by atoms with van der Waals surface area (Å²) in [7, 11) is 0. The molecule has 0 atom stereocenters. The van der Waals surface area contributed by atoms with Crippen LogP contribution in [0.4, 0.5) is 11.4 Å². The van der Waals surface area contributed by atoms with E-state index in [1.54, 1.807) is 24.3 Å². The predicted molar refractivity (Wildman–Crippen MR) is 85.9 cm³/mol. The normalized spacial score (nSPS) is 10.5. The summed E-state index contributed by atoms with van der Waals surface area (Å²) in [5.74, 6) is 1.03. The van der Waals surface area contributed by atoms with Gasteiger partial charge in [0.2, 0.25) is 0 Å². The van der Waals surface area contributed by atoms with E-state index in [-0.39, 0.29) is 26.4 Å². The molecule has 0 unspecified atom stereocenters. The Balaban J connectivity index is 2.30. The van der Waals surface area contributed by atoms with E-state index >= 15 is 0 Å². The molecule has 22 heavy (non-hydrogen) atoms. The summed E-state index contributed by atoms with van der Waals surface area (Å²) in [5, 5.41) is 17.7. The van der Waals surface area contributed by atoms with Gasteiger partial charge in [-0.3, -0.25) is 0 Å². The predicted octanol–water partition coefficient (Wildman–Crippen LogP) is 1.26. The highest BCUT2D eigenvalue weighted by Crippen LogP contribution is 2.33. The van der Waals surface area contributed by atoms with E-state index in [9.17, 15) is 0 Å². The van der Waals surface area contributed by atoms with Crippen molar-refractivity contribution in [2.45, 2.75) is 0 Å². The third-order valence-corrected chi connectivity index (χ3v) is 3.06. The van der Waals surface area contributed by atoms with E-state index in [2.05, 4.69) is 0 Å². The lowest BCUT2D eigenvalue weighted by Gasteiger charge is -2.12. The van der Waals surface area contributed by atoms with Gasteiger partial charge in [-0.25, -0.2) is 0 Å². The van der Waals surface area contributed by atoms with E-state index in [1.807, 2.05) is 12.1 Å². The summed E-state index contributed by atoms with van der Waals surface area (Å²) >= 11 is 0. The topological polar surface area (TPSA) is 111 Å². The minimum absolute atomic E-state index is 0.0787. The van der Waals surface area contributed by atoms with Crippen molar-refractivity contribution >= 4 is 11.4 Å². The highest BCUT2D eigenvalue weighted by molar-refractivity contribution is 5.73. The average molecular weight is 304 g/mol. The van der Waals surface area contributed by atoms with Gasteiger partial charge in [-0.15, -0.1) is 0 Å². The Morgan fingerprint density at radius 1 is 0.727 bits per heavy atom. The molecule has 2 rings (SSSR count). The molecule has 6 N–H and O–H groups in total. The van der Waals surface area contributed by atoms with Crippen molar-refractivity contribution in [2.75, 3.05) is 37.9 Å². The maximum atomic E-state index is 8.84. The first-order valence-electron chi connectivity index (χ1n) is 6.92. The van der Waals surface area contributed by atoms with Crippen LogP contribution < -0.4 is 20.9 Å². The van der Waals surface area contributed by atoms with Gasteiger partial charge in [0.25, 0.3) is 0 Å². The van der Waals surface area contributed by atoms with Crippen molar-refractivity contribution < 1.29 is 19.7 Å². The SMILES string of the molecule is Nc1ccc(-c2ccc(N)c(OCCO)c2)cc1OCCO. The minimum Gasteiger partial charge on any atom is -0.489 e. The van der Waals surface area contributed by atoms with Crippen molar-refractivity contribution in [1.29, 1.82) is 0 Å². The quantitative estimate of drug-likeness (QED) is 0.573. The summed E-state index contributed by atoms with van der Waals surface area (Å²) in [6.07, 6.45) is 0. The molecule has 0 heterocycles. The zero-order valence-corrected chi connectivity index (χ0v) is 12.2. The lowest BCUT2D eigenvalue weighted by atomic mass is 10.0. The van der Waals surface area contributed by atoms with Gasteiger partial charge in [-0.2, -0.15) is 0 Å². The highest BCUT2D eigenvalue weighted by Gasteiger charge is 2.08. The maximum absolute atomic E-state index is 8.84. The second-order valence-corrected chi connectivity index (χ2v) is 4.65. The van der Waals surface area contributed by atoms with Crippen LogP contribution in [0.25, 0.3) is 11.1 Å². The molecule has 0 aliphatic heterocycles. The lowest BCUT2D eigenvalue weighted by molar-refractivity contribution is 0.202. The summed E-state index contributed by atoms with van der Waals surface area (Å²) in [6, 6.07) is 10.8. The zero-order valence-electron chi connectivity index (χ0n) is 12.2. The molecule has 2 aromatic carbocycles. The number of hydrogen-bond acceptors (Lipinski definition) is 6. The summed E-state index contributed by atoms with van der Waals surface area (Å²) < 4.78 is 10.8. The summed E-state index contributed by atoms with van der Waals surface area (Å²) in [6.45, 7) is 0.204. The third-order valence-electron chi connectivity index (χ3n) is 3.06. The van der Waals surface area contributed by atoms with Crippen LogP contribution in [0.5, 0.6) is 11.5 Å². The van der Waals surface area contributed by atoms with Gasteiger partial charge in [0.15, 0.2) is 0 Å². The molecule has 0 aliphatic carbocycles. The molecule has 0 aromatic heterocycles. The first-order chi connectivity index (χ1) is 10.7. The van der Waals surface area contributed by atoms with Gasteiger partial charge in [0.05, 0.1) is 24.6 Å². The Morgan fingerprint density at radius 3 is 1.50 bits per heavy atom. The van der Waals surface area contributed by atoms with Gasteiger partial charge < -0.3 is 31.2 Å². The van der Waals surface area contributed by atoms with Crippen LogP contribution in [0.3, 0.4) is 0 Å². The molecule has 0 aliphatic rings. The average Bonchev–Trinajstić information content (AvgIpc) is 2.53. The smallest absolute Gasteiger partial charge is 0.142 e. The number of aliphatic hydroxyl groups is 2. The van der Waals surface area contributed by atoms with Crippen LogP contribution in [0.15, 0.2) is 36.4 Å². The summed E-state index contributed by atoms with van der Waals surface area (Å²) in [4.78, 5) is 0. The van der Waals surface area contributed by atoms with E-state index in [4.69, 9.17) is 31.2 Å². The molecular formula is C16H20N2O4. The van der Waals surface area contributed by atoms with Gasteiger partial charge in [0.1, 0.15) is 24.7 Å². The number of benzene rings is 2. The number of nitrogens with two attached hydrogens (primary N) is 2. The first kappa shape index (κ1) is 15.9. The molecule has 2 aromatic rings. The van der Waals surface area contributed by atoms with Crippen LogP contribution >= 0.6 is 0 Å². The minimum atomic E-state index is -0.0787. The van der Waals surface area contributed by atoms with Gasteiger partial charge >= 0.3 is 0 Å². The van der Waals surface area contributed by atoms with E-state index in [1.165, 1.54) is 0 Å². The fourth-order valence-electron chi connectivity index (χ4n) is 1.99. The first-order valence-corrected chi connectivity index (χ1v) is 6.92. The number of aliphatic hydroxyl groups excluding tert-OH is 2. The molecule has 0 saturated carbocycles. The molecule has 6 heteroatoms. The van der Waals surface area contributed by atoms with Crippen LogP contribution in [-0.2, 0) is 0 Å². The second kappa shape index (κ2) is 7.53. The Hall–Kier alpha value is -2.44. The molecule has 0 saturated heterocycles. The fraction of sp³-hybridized carbons (Fsp3) is 0.250. The van der Waals surface area contributed by atoms with Crippen molar-refractivity contribution in [3.05, 3.63) is 36.4 Å². The Labute approximate surface area is 128 Å². The van der Waals surface area contributed by atoms with E-state index in [0.717, 1.165) is 11.1 Å². The largest absolute Gasteiger partial charge is 0.489 e. The third kappa shape index (κ3) is 3.81. The van der Waals surface area contributed by atoms with Gasteiger partial charge in [-0.05, 0) is 35.4 Å². The zero-order chi connectivity index (χ0) is 15.9. The Kier molecular flexibility index (Phi) is 5.46. The van der Waals surface area contributed by atoms with Crippen LogP contribution in [-0.4, -0.2) is 36.6 Å². The Bertz CT molecular complexity index is 576. The molecule has 6 nitrogen and oxygen atoms in total. The number of rotatable bonds is 7. The van der Waals surface area contributed by atoms with Crippen LogP contribution in [0.1, 0.15) is 0 Å². The van der Waals surface area contributed by atoms with E-state index in [0.29, 0.717) is 22.9 Å². The summed E-state index contributed by atoms with van der Waals surface area (Å²) in [5.41, 5.74) is 14.5. The van der Waals surface area contributed by atoms with Gasteiger partial charge in [0, 0.05) is 0 Å². The second-order valence-electron chi connectivity index (χ2n) is 4.65. The molecule has 0 fully saturated rings. The highest BCUT2D eigenvalue weighted by atomic mass is 16.5. The number of hydrogen-bond donors (Lipinski definition) is 4. The van der Waals surface area contributed by atoms with Crippen molar-refractivity contribution in [3.8, 4) is 22.6 Å². The van der Waals surface area contributed by atoms with Crippen molar-refractivity contribution in [2.24, 2.45) is 0 Å². The number of ether oxygens (including phenoxy) is 2. The molecule has 118 valence electrons.